The second-order valence-corrected chi connectivity index (χ2v) is 4.80. The number of carbonyl (C=O) groups is 1. The van der Waals surface area contributed by atoms with E-state index in [2.05, 4.69) is 10.6 Å². The van der Waals surface area contributed by atoms with E-state index >= 15 is 0 Å². The van der Waals surface area contributed by atoms with E-state index in [1.54, 1.807) is 13.0 Å². The maximum atomic E-state index is 13.3. The van der Waals surface area contributed by atoms with Crippen molar-refractivity contribution < 1.29 is 9.18 Å². The maximum Gasteiger partial charge on any atom is 0.237 e. The fourth-order valence-corrected chi connectivity index (χ4v) is 2.13. The maximum absolute atomic E-state index is 13.3. The fourth-order valence-electron chi connectivity index (χ4n) is 2.13. The highest BCUT2D eigenvalue weighted by Crippen LogP contribution is 2.10. The molecule has 1 heterocycles. The zero-order valence-electron chi connectivity index (χ0n) is 10.6. The molecule has 1 fully saturated rings. The molecule has 1 amide bonds. The van der Waals surface area contributed by atoms with Gasteiger partial charge in [0.25, 0.3) is 0 Å². The van der Waals surface area contributed by atoms with Crippen LogP contribution in [0.4, 0.5) is 4.39 Å². The minimum atomic E-state index is -0.224. The van der Waals surface area contributed by atoms with Gasteiger partial charge in [0.15, 0.2) is 0 Å². The lowest BCUT2D eigenvalue weighted by molar-refractivity contribution is -0.123. The summed E-state index contributed by atoms with van der Waals surface area (Å²) in [6.07, 6.45) is 3.10. The molecule has 1 atom stereocenters. The quantitative estimate of drug-likeness (QED) is 0.860. The molecule has 0 saturated carbocycles. The Bertz CT molecular complexity index is 428. The topological polar surface area (TPSA) is 41.1 Å². The largest absolute Gasteiger partial charge is 0.351 e. The van der Waals surface area contributed by atoms with Crippen molar-refractivity contribution in [3.63, 3.8) is 0 Å². The Hall–Kier alpha value is -1.42. The first-order valence-corrected chi connectivity index (χ1v) is 6.43. The SMILES string of the molecule is Cc1ccc(CNC(=O)[C@@H]2CCCCN2)cc1F. The molecule has 0 radical (unpaired) electrons. The number of rotatable bonds is 3. The molecule has 0 spiro atoms. The minimum absolute atomic E-state index is 0.00989. The van der Waals surface area contributed by atoms with Crippen molar-refractivity contribution in [1.82, 2.24) is 10.6 Å². The molecule has 1 aliphatic rings. The van der Waals surface area contributed by atoms with Crippen molar-refractivity contribution in [3.8, 4) is 0 Å². The van der Waals surface area contributed by atoms with E-state index in [1.165, 1.54) is 6.07 Å². The van der Waals surface area contributed by atoms with Gasteiger partial charge in [-0.1, -0.05) is 18.6 Å². The summed E-state index contributed by atoms with van der Waals surface area (Å²) < 4.78 is 13.3. The number of amides is 1. The van der Waals surface area contributed by atoms with Gasteiger partial charge in [-0.15, -0.1) is 0 Å². The van der Waals surface area contributed by atoms with Crippen molar-refractivity contribution in [2.45, 2.75) is 38.8 Å². The van der Waals surface area contributed by atoms with Crippen molar-refractivity contribution in [2.75, 3.05) is 6.54 Å². The lowest BCUT2D eigenvalue weighted by Crippen LogP contribution is -2.46. The van der Waals surface area contributed by atoms with Crippen molar-refractivity contribution >= 4 is 5.91 Å². The second kappa shape index (κ2) is 5.96. The van der Waals surface area contributed by atoms with Gasteiger partial charge in [0.1, 0.15) is 5.82 Å². The van der Waals surface area contributed by atoms with Crippen LogP contribution in [0.15, 0.2) is 18.2 Å². The smallest absolute Gasteiger partial charge is 0.237 e. The van der Waals surface area contributed by atoms with Gasteiger partial charge in [0.05, 0.1) is 6.04 Å². The number of piperidine rings is 1. The summed E-state index contributed by atoms with van der Waals surface area (Å²) in [4.78, 5) is 11.9. The highest BCUT2D eigenvalue weighted by Gasteiger charge is 2.19. The van der Waals surface area contributed by atoms with Gasteiger partial charge in [-0.3, -0.25) is 4.79 Å². The highest BCUT2D eigenvalue weighted by molar-refractivity contribution is 5.81. The normalized spacial score (nSPS) is 19.6. The molecular weight excluding hydrogens is 231 g/mol. The summed E-state index contributed by atoms with van der Waals surface area (Å²) >= 11 is 0. The Morgan fingerprint density at radius 3 is 3.00 bits per heavy atom. The molecular formula is C14H19FN2O. The van der Waals surface area contributed by atoms with Crippen molar-refractivity contribution in [1.29, 1.82) is 0 Å². The van der Waals surface area contributed by atoms with E-state index in [9.17, 15) is 9.18 Å². The monoisotopic (exact) mass is 250 g/mol. The summed E-state index contributed by atoms with van der Waals surface area (Å²) in [6.45, 7) is 3.01. The number of benzene rings is 1. The first-order valence-electron chi connectivity index (χ1n) is 6.43. The molecule has 1 saturated heterocycles. The molecule has 18 heavy (non-hydrogen) atoms. The third kappa shape index (κ3) is 3.29. The summed E-state index contributed by atoms with van der Waals surface area (Å²) in [5, 5.41) is 6.04. The molecule has 4 heteroatoms. The summed E-state index contributed by atoms with van der Waals surface area (Å²) in [6, 6.07) is 4.96. The molecule has 3 nitrogen and oxygen atoms in total. The van der Waals surface area contributed by atoms with E-state index < -0.39 is 0 Å². The predicted octanol–water partition coefficient (Wildman–Crippen LogP) is 1.89. The number of hydrogen-bond donors (Lipinski definition) is 2. The number of hydrogen-bond acceptors (Lipinski definition) is 2. The second-order valence-electron chi connectivity index (χ2n) is 4.80. The van der Waals surface area contributed by atoms with E-state index in [4.69, 9.17) is 0 Å². The molecule has 0 bridgehead atoms. The van der Waals surface area contributed by atoms with Crippen LogP contribution in [-0.2, 0) is 11.3 Å². The molecule has 0 aliphatic carbocycles. The Labute approximate surface area is 107 Å². The van der Waals surface area contributed by atoms with Crippen molar-refractivity contribution in [3.05, 3.63) is 35.1 Å². The highest BCUT2D eigenvalue weighted by atomic mass is 19.1. The van der Waals surface area contributed by atoms with E-state index in [0.29, 0.717) is 12.1 Å². The van der Waals surface area contributed by atoms with Crippen LogP contribution in [0.25, 0.3) is 0 Å². The van der Waals surface area contributed by atoms with Gasteiger partial charge < -0.3 is 10.6 Å². The van der Waals surface area contributed by atoms with Gasteiger partial charge in [0, 0.05) is 6.54 Å². The average molecular weight is 250 g/mol. The lowest BCUT2D eigenvalue weighted by Gasteiger charge is -2.22. The first kappa shape index (κ1) is 13.0. The van der Waals surface area contributed by atoms with Crippen LogP contribution in [0.3, 0.4) is 0 Å². The third-order valence-electron chi connectivity index (χ3n) is 3.33. The number of carbonyl (C=O) groups excluding carboxylic acids is 1. The van der Waals surface area contributed by atoms with Crippen LogP contribution >= 0.6 is 0 Å². The molecule has 0 aromatic heterocycles. The van der Waals surface area contributed by atoms with Crippen LogP contribution in [0.1, 0.15) is 30.4 Å². The van der Waals surface area contributed by atoms with Gasteiger partial charge in [-0.25, -0.2) is 4.39 Å². The molecule has 2 N–H and O–H groups in total. The molecule has 1 aromatic carbocycles. The Morgan fingerprint density at radius 2 is 2.33 bits per heavy atom. The van der Waals surface area contributed by atoms with Gasteiger partial charge >= 0.3 is 0 Å². The minimum Gasteiger partial charge on any atom is -0.351 e. The van der Waals surface area contributed by atoms with E-state index in [1.807, 2.05) is 6.07 Å². The van der Waals surface area contributed by atoms with Crippen LogP contribution in [0.2, 0.25) is 0 Å². The van der Waals surface area contributed by atoms with Crippen LogP contribution < -0.4 is 10.6 Å². The van der Waals surface area contributed by atoms with Gasteiger partial charge in [-0.2, -0.15) is 0 Å². The summed E-state index contributed by atoms with van der Waals surface area (Å²) in [7, 11) is 0. The predicted molar refractivity (Wildman–Crippen MR) is 68.6 cm³/mol. The Balaban J connectivity index is 1.86. The van der Waals surface area contributed by atoms with Crippen LogP contribution in [-0.4, -0.2) is 18.5 Å². The van der Waals surface area contributed by atoms with Gasteiger partial charge in [-0.05, 0) is 43.5 Å². The molecule has 1 aliphatic heterocycles. The third-order valence-corrected chi connectivity index (χ3v) is 3.33. The van der Waals surface area contributed by atoms with Crippen molar-refractivity contribution in [2.24, 2.45) is 0 Å². The first-order chi connectivity index (χ1) is 8.66. The molecule has 1 aromatic rings. The number of halogens is 1. The zero-order valence-corrected chi connectivity index (χ0v) is 10.6. The Morgan fingerprint density at radius 1 is 1.50 bits per heavy atom. The molecule has 0 unspecified atom stereocenters. The lowest BCUT2D eigenvalue weighted by atomic mass is 10.0. The fraction of sp³-hybridized carbons (Fsp3) is 0.500. The Kier molecular flexibility index (Phi) is 4.31. The van der Waals surface area contributed by atoms with Crippen LogP contribution in [0, 0.1) is 12.7 Å². The number of aryl methyl sites for hydroxylation is 1. The summed E-state index contributed by atoms with van der Waals surface area (Å²) in [5.41, 5.74) is 1.42. The van der Waals surface area contributed by atoms with E-state index in [0.717, 1.165) is 31.4 Å². The number of nitrogens with one attached hydrogen (secondary N) is 2. The summed E-state index contributed by atoms with van der Waals surface area (Å²) in [5.74, 6) is -0.215. The zero-order chi connectivity index (χ0) is 13.0. The molecule has 98 valence electrons. The molecule has 2 rings (SSSR count). The van der Waals surface area contributed by atoms with E-state index in [-0.39, 0.29) is 17.8 Å². The standard InChI is InChI=1S/C14H19FN2O/c1-10-5-6-11(8-12(10)15)9-17-14(18)13-4-2-3-7-16-13/h5-6,8,13,16H,2-4,7,9H2,1H3,(H,17,18)/t13-/m0/s1. The van der Waals surface area contributed by atoms with Crippen LogP contribution in [0.5, 0.6) is 0 Å². The average Bonchev–Trinajstić information content (AvgIpc) is 2.41. The van der Waals surface area contributed by atoms with Gasteiger partial charge in [0.2, 0.25) is 5.91 Å².